The zero-order chi connectivity index (χ0) is 19.5. The molecular weight excluding hydrogens is 350 g/mol. The van der Waals surface area contributed by atoms with Crippen molar-refractivity contribution in [2.45, 2.75) is 51.8 Å². The molecule has 1 saturated heterocycles. The minimum absolute atomic E-state index is 0.0751. The molecule has 0 unspecified atom stereocenters. The van der Waals surface area contributed by atoms with Crippen LogP contribution < -0.4 is 4.74 Å². The summed E-state index contributed by atoms with van der Waals surface area (Å²) in [4.78, 5) is 21.5. The molecule has 3 heterocycles. The first-order valence-electron chi connectivity index (χ1n) is 10.3. The summed E-state index contributed by atoms with van der Waals surface area (Å²) in [6, 6.07) is 10.3. The molecule has 5 heteroatoms. The lowest BCUT2D eigenvalue weighted by molar-refractivity contribution is -0.138. The summed E-state index contributed by atoms with van der Waals surface area (Å²) in [7, 11) is 0. The maximum Gasteiger partial charge on any atom is 0.239 e. The SMILES string of the molecule is Cc1cnccc1OC1CCN([C@H](C)C(=O)N2CCc3ccccc3C2)CC1. The van der Waals surface area contributed by atoms with Gasteiger partial charge in [-0.2, -0.15) is 0 Å². The van der Waals surface area contributed by atoms with Crippen LogP contribution in [0, 0.1) is 6.92 Å². The third-order valence-corrected chi connectivity index (χ3v) is 6.09. The van der Waals surface area contributed by atoms with Crippen molar-refractivity contribution in [3.8, 4) is 5.75 Å². The molecule has 1 atom stereocenters. The van der Waals surface area contributed by atoms with E-state index >= 15 is 0 Å². The Bertz CT molecular complexity index is 830. The van der Waals surface area contributed by atoms with Crippen LogP contribution in [0.1, 0.15) is 36.5 Å². The van der Waals surface area contributed by atoms with Gasteiger partial charge < -0.3 is 9.64 Å². The number of rotatable bonds is 4. The van der Waals surface area contributed by atoms with Crippen molar-refractivity contribution in [3.05, 3.63) is 59.4 Å². The first-order valence-corrected chi connectivity index (χ1v) is 10.3. The van der Waals surface area contributed by atoms with Crippen LogP contribution in [0.3, 0.4) is 0 Å². The van der Waals surface area contributed by atoms with Crippen molar-refractivity contribution < 1.29 is 9.53 Å². The molecule has 0 N–H and O–H groups in total. The highest BCUT2D eigenvalue weighted by molar-refractivity contribution is 5.81. The van der Waals surface area contributed by atoms with Crippen molar-refractivity contribution in [2.24, 2.45) is 0 Å². The number of piperidine rings is 1. The van der Waals surface area contributed by atoms with E-state index in [-0.39, 0.29) is 18.1 Å². The number of nitrogens with zero attached hydrogens (tertiary/aromatic N) is 3. The van der Waals surface area contributed by atoms with Crippen molar-refractivity contribution in [1.82, 2.24) is 14.8 Å². The molecule has 0 radical (unpaired) electrons. The predicted molar refractivity (Wildman–Crippen MR) is 109 cm³/mol. The Morgan fingerprint density at radius 2 is 1.89 bits per heavy atom. The van der Waals surface area contributed by atoms with Crippen LogP contribution in [0.15, 0.2) is 42.7 Å². The number of likely N-dealkylation sites (tertiary alicyclic amines) is 1. The summed E-state index contributed by atoms with van der Waals surface area (Å²) in [5, 5.41) is 0. The van der Waals surface area contributed by atoms with Gasteiger partial charge in [-0.05, 0) is 50.3 Å². The molecule has 1 aromatic carbocycles. The van der Waals surface area contributed by atoms with Crippen LogP contribution in [0.25, 0.3) is 0 Å². The van der Waals surface area contributed by atoms with Gasteiger partial charge in [-0.1, -0.05) is 24.3 Å². The average molecular weight is 380 g/mol. The standard InChI is InChI=1S/C23H29N3O2/c1-17-15-24-11-7-22(17)28-21-9-13-25(14-10-21)18(2)23(27)26-12-8-19-5-3-4-6-20(19)16-26/h3-7,11,15,18,21H,8-10,12-14,16H2,1-2H3/t18-/m1/s1. The maximum atomic E-state index is 13.1. The van der Waals surface area contributed by atoms with E-state index in [1.54, 1.807) is 6.20 Å². The molecule has 4 rings (SSSR count). The topological polar surface area (TPSA) is 45.7 Å². The molecule has 0 aliphatic carbocycles. The molecule has 0 spiro atoms. The quantitative estimate of drug-likeness (QED) is 0.818. The maximum absolute atomic E-state index is 13.1. The van der Waals surface area contributed by atoms with Gasteiger partial charge in [0.05, 0.1) is 6.04 Å². The van der Waals surface area contributed by atoms with Crippen LogP contribution >= 0.6 is 0 Å². The van der Waals surface area contributed by atoms with Gasteiger partial charge in [0, 0.05) is 44.1 Å². The van der Waals surface area contributed by atoms with E-state index in [1.165, 1.54) is 11.1 Å². The largest absolute Gasteiger partial charge is 0.490 e. The first kappa shape index (κ1) is 18.9. The van der Waals surface area contributed by atoms with Gasteiger partial charge in [-0.3, -0.25) is 14.7 Å². The van der Waals surface area contributed by atoms with Crippen LogP contribution in [0.2, 0.25) is 0 Å². The van der Waals surface area contributed by atoms with E-state index in [0.29, 0.717) is 0 Å². The predicted octanol–water partition coefficient (Wildman–Crippen LogP) is 3.21. The zero-order valence-corrected chi connectivity index (χ0v) is 16.8. The van der Waals surface area contributed by atoms with Crippen LogP contribution in [0.4, 0.5) is 0 Å². The first-order chi connectivity index (χ1) is 13.6. The molecule has 2 aromatic rings. The fourth-order valence-corrected chi connectivity index (χ4v) is 4.26. The number of fused-ring (bicyclic) bond motifs is 1. The molecule has 1 fully saturated rings. The molecular formula is C23H29N3O2. The van der Waals surface area contributed by atoms with Crippen molar-refractivity contribution in [2.75, 3.05) is 19.6 Å². The second-order valence-corrected chi connectivity index (χ2v) is 7.95. The number of aryl methyl sites for hydroxylation is 1. The zero-order valence-electron chi connectivity index (χ0n) is 16.8. The minimum atomic E-state index is -0.0751. The second-order valence-electron chi connectivity index (χ2n) is 7.95. The van der Waals surface area contributed by atoms with E-state index in [0.717, 1.165) is 56.8 Å². The van der Waals surface area contributed by atoms with Gasteiger partial charge in [-0.25, -0.2) is 0 Å². The number of hydrogen-bond acceptors (Lipinski definition) is 4. The van der Waals surface area contributed by atoms with E-state index in [2.05, 4.69) is 41.1 Å². The van der Waals surface area contributed by atoms with E-state index < -0.39 is 0 Å². The summed E-state index contributed by atoms with van der Waals surface area (Å²) >= 11 is 0. The third-order valence-electron chi connectivity index (χ3n) is 6.09. The molecule has 1 aromatic heterocycles. The highest BCUT2D eigenvalue weighted by Gasteiger charge is 2.31. The Morgan fingerprint density at radius 3 is 2.64 bits per heavy atom. The molecule has 2 aliphatic rings. The van der Waals surface area contributed by atoms with Crippen LogP contribution in [-0.4, -0.2) is 52.5 Å². The molecule has 5 nitrogen and oxygen atoms in total. The minimum Gasteiger partial charge on any atom is -0.490 e. The van der Waals surface area contributed by atoms with E-state index in [4.69, 9.17) is 4.74 Å². The smallest absolute Gasteiger partial charge is 0.239 e. The summed E-state index contributed by atoms with van der Waals surface area (Å²) in [6.45, 7) is 7.42. The lowest BCUT2D eigenvalue weighted by atomic mass is 9.99. The molecule has 28 heavy (non-hydrogen) atoms. The number of ether oxygens (including phenoxy) is 1. The molecule has 2 aliphatic heterocycles. The molecule has 0 bridgehead atoms. The number of hydrogen-bond donors (Lipinski definition) is 0. The summed E-state index contributed by atoms with van der Waals surface area (Å²) in [5.74, 6) is 1.17. The van der Waals surface area contributed by atoms with Crippen molar-refractivity contribution in [1.29, 1.82) is 0 Å². The Kier molecular flexibility index (Phi) is 5.62. The number of carbonyl (C=O) groups is 1. The second kappa shape index (κ2) is 8.31. The Balaban J connectivity index is 1.31. The summed E-state index contributed by atoms with van der Waals surface area (Å²) < 4.78 is 6.17. The lowest BCUT2D eigenvalue weighted by Gasteiger charge is -2.38. The van der Waals surface area contributed by atoms with Gasteiger partial charge in [0.1, 0.15) is 11.9 Å². The van der Waals surface area contributed by atoms with Crippen LogP contribution in [-0.2, 0) is 17.8 Å². The summed E-state index contributed by atoms with van der Waals surface area (Å²) in [5.41, 5.74) is 3.73. The number of aromatic nitrogens is 1. The highest BCUT2D eigenvalue weighted by Crippen LogP contribution is 2.24. The van der Waals surface area contributed by atoms with Gasteiger partial charge in [0.2, 0.25) is 5.91 Å². The molecule has 1 amide bonds. The Hall–Kier alpha value is -2.40. The molecule has 0 saturated carbocycles. The summed E-state index contributed by atoms with van der Waals surface area (Å²) in [6.07, 6.45) is 6.67. The van der Waals surface area contributed by atoms with E-state index in [1.807, 2.05) is 24.1 Å². The fraction of sp³-hybridized carbons (Fsp3) is 0.478. The number of pyridine rings is 1. The Morgan fingerprint density at radius 1 is 1.14 bits per heavy atom. The average Bonchev–Trinajstić information content (AvgIpc) is 2.74. The van der Waals surface area contributed by atoms with E-state index in [9.17, 15) is 4.79 Å². The Labute approximate surface area is 167 Å². The van der Waals surface area contributed by atoms with Gasteiger partial charge >= 0.3 is 0 Å². The van der Waals surface area contributed by atoms with Gasteiger partial charge in [0.15, 0.2) is 0 Å². The highest BCUT2D eigenvalue weighted by atomic mass is 16.5. The van der Waals surface area contributed by atoms with Crippen molar-refractivity contribution >= 4 is 5.91 Å². The van der Waals surface area contributed by atoms with Gasteiger partial charge in [0.25, 0.3) is 0 Å². The van der Waals surface area contributed by atoms with Crippen molar-refractivity contribution in [3.63, 3.8) is 0 Å². The molecule has 148 valence electrons. The lowest BCUT2D eigenvalue weighted by Crippen LogP contribution is -2.51. The normalized spacial score (nSPS) is 19.1. The van der Waals surface area contributed by atoms with Gasteiger partial charge in [-0.15, -0.1) is 0 Å². The number of amides is 1. The number of carbonyl (C=O) groups excluding carboxylic acids is 1. The van der Waals surface area contributed by atoms with Crippen LogP contribution in [0.5, 0.6) is 5.75 Å². The monoisotopic (exact) mass is 379 g/mol. The fourth-order valence-electron chi connectivity index (χ4n) is 4.26. The number of benzene rings is 1. The third kappa shape index (κ3) is 4.04.